The fourth-order valence-electron chi connectivity index (χ4n) is 2.68. The van der Waals surface area contributed by atoms with Gasteiger partial charge in [0.15, 0.2) is 5.82 Å². The number of hydrogen-bond donors (Lipinski definition) is 3. The summed E-state index contributed by atoms with van der Waals surface area (Å²) in [5.41, 5.74) is 5.09. The van der Waals surface area contributed by atoms with Gasteiger partial charge in [-0.2, -0.15) is 0 Å². The van der Waals surface area contributed by atoms with Crippen molar-refractivity contribution in [2.75, 3.05) is 5.32 Å². The summed E-state index contributed by atoms with van der Waals surface area (Å²) in [5.74, 6) is 0.652. The quantitative estimate of drug-likeness (QED) is 0.532. The van der Waals surface area contributed by atoms with Gasteiger partial charge in [0, 0.05) is 17.4 Å². The van der Waals surface area contributed by atoms with E-state index in [-0.39, 0.29) is 5.91 Å². The van der Waals surface area contributed by atoms with E-state index in [9.17, 15) is 4.79 Å². The van der Waals surface area contributed by atoms with Crippen molar-refractivity contribution >= 4 is 22.6 Å². The number of aryl methyl sites for hydroxylation is 1. The maximum absolute atomic E-state index is 12.4. The van der Waals surface area contributed by atoms with Crippen LogP contribution in [-0.2, 0) is 0 Å². The molecule has 0 atom stereocenters. The Hall–Kier alpha value is -3.34. The highest BCUT2D eigenvalue weighted by Crippen LogP contribution is 2.22. The number of amides is 1. The third-order valence-electron chi connectivity index (χ3n) is 3.87. The van der Waals surface area contributed by atoms with Crippen molar-refractivity contribution in [1.29, 1.82) is 0 Å². The standard InChI is InChI=1S/C19H16N4O/c1-12-4-2-5-13(10-12)19(24)21-14-7-8-15-17(11-14)23-18(22-15)16-6-3-9-20-16/h2-11,20H,1H3,(H,21,24)(H,22,23). The van der Waals surface area contributed by atoms with Gasteiger partial charge < -0.3 is 15.3 Å². The number of rotatable bonds is 3. The third-order valence-corrected chi connectivity index (χ3v) is 3.87. The second-order valence-corrected chi connectivity index (χ2v) is 5.72. The zero-order valence-corrected chi connectivity index (χ0v) is 13.1. The van der Waals surface area contributed by atoms with E-state index in [4.69, 9.17) is 0 Å². The Morgan fingerprint density at radius 2 is 2.00 bits per heavy atom. The zero-order chi connectivity index (χ0) is 16.5. The van der Waals surface area contributed by atoms with Gasteiger partial charge in [-0.15, -0.1) is 0 Å². The number of nitrogens with zero attached hydrogens (tertiary/aromatic N) is 1. The van der Waals surface area contributed by atoms with E-state index in [0.29, 0.717) is 5.56 Å². The van der Waals surface area contributed by atoms with Gasteiger partial charge in [0.05, 0.1) is 16.7 Å². The number of H-pyrrole nitrogens is 2. The summed E-state index contributed by atoms with van der Waals surface area (Å²) >= 11 is 0. The first-order valence-electron chi connectivity index (χ1n) is 7.70. The highest BCUT2D eigenvalue weighted by Gasteiger charge is 2.09. The highest BCUT2D eigenvalue weighted by molar-refractivity contribution is 6.05. The summed E-state index contributed by atoms with van der Waals surface area (Å²) in [6.45, 7) is 1.97. The van der Waals surface area contributed by atoms with Crippen LogP contribution in [0.2, 0.25) is 0 Å². The first-order chi connectivity index (χ1) is 11.7. The molecule has 5 nitrogen and oxygen atoms in total. The molecule has 0 saturated heterocycles. The van der Waals surface area contributed by atoms with Crippen molar-refractivity contribution in [2.24, 2.45) is 0 Å². The fraction of sp³-hybridized carbons (Fsp3) is 0.0526. The van der Waals surface area contributed by atoms with Gasteiger partial charge in [0.2, 0.25) is 0 Å². The number of benzene rings is 2. The van der Waals surface area contributed by atoms with Crippen molar-refractivity contribution in [3.05, 3.63) is 71.9 Å². The van der Waals surface area contributed by atoms with Crippen LogP contribution in [-0.4, -0.2) is 20.9 Å². The lowest BCUT2D eigenvalue weighted by Gasteiger charge is -2.05. The minimum absolute atomic E-state index is 0.123. The molecule has 4 rings (SSSR count). The van der Waals surface area contributed by atoms with Crippen LogP contribution in [0.3, 0.4) is 0 Å². The molecule has 2 aromatic heterocycles. The van der Waals surface area contributed by atoms with Crippen LogP contribution >= 0.6 is 0 Å². The number of imidazole rings is 1. The Morgan fingerprint density at radius 1 is 1.08 bits per heavy atom. The SMILES string of the molecule is Cc1cccc(C(=O)Nc2ccc3nc(-c4ccc[nH]4)[nH]c3c2)c1. The maximum atomic E-state index is 12.4. The van der Waals surface area contributed by atoms with E-state index < -0.39 is 0 Å². The molecule has 4 aromatic rings. The number of hydrogen-bond acceptors (Lipinski definition) is 2. The van der Waals surface area contributed by atoms with E-state index in [2.05, 4.69) is 20.3 Å². The molecule has 1 amide bonds. The molecule has 24 heavy (non-hydrogen) atoms. The Morgan fingerprint density at radius 3 is 2.79 bits per heavy atom. The van der Waals surface area contributed by atoms with E-state index in [1.54, 1.807) is 6.07 Å². The van der Waals surface area contributed by atoms with Gasteiger partial charge in [-0.05, 0) is 49.4 Å². The van der Waals surface area contributed by atoms with Crippen LogP contribution in [0.1, 0.15) is 15.9 Å². The van der Waals surface area contributed by atoms with Crippen molar-refractivity contribution in [1.82, 2.24) is 15.0 Å². The summed E-state index contributed by atoms with van der Waals surface area (Å²) < 4.78 is 0. The number of aromatic amines is 2. The second kappa shape index (κ2) is 5.70. The molecule has 0 saturated carbocycles. The third kappa shape index (κ3) is 2.67. The first-order valence-corrected chi connectivity index (χ1v) is 7.70. The van der Waals surface area contributed by atoms with Crippen LogP contribution < -0.4 is 5.32 Å². The van der Waals surface area contributed by atoms with Gasteiger partial charge >= 0.3 is 0 Å². The molecule has 2 heterocycles. The Kier molecular flexibility index (Phi) is 3.39. The van der Waals surface area contributed by atoms with Crippen molar-refractivity contribution < 1.29 is 4.79 Å². The molecule has 0 aliphatic rings. The fourth-order valence-corrected chi connectivity index (χ4v) is 2.68. The molecular weight excluding hydrogens is 300 g/mol. The van der Waals surface area contributed by atoms with Gasteiger partial charge in [-0.1, -0.05) is 17.7 Å². The highest BCUT2D eigenvalue weighted by atomic mass is 16.1. The molecule has 0 spiro atoms. The monoisotopic (exact) mass is 316 g/mol. The second-order valence-electron chi connectivity index (χ2n) is 5.72. The van der Waals surface area contributed by atoms with Crippen molar-refractivity contribution in [2.45, 2.75) is 6.92 Å². The summed E-state index contributed by atoms with van der Waals surface area (Å²) in [6, 6.07) is 17.0. The minimum atomic E-state index is -0.123. The number of nitrogens with one attached hydrogen (secondary N) is 3. The Balaban J connectivity index is 1.62. The molecule has 2 aromatic carbocycles. The molecule has 0 bridgehead atoms. The maximum Gasteiger partial charge on any atom is 0.255 e. The molecular formula is C19H16N4O. The molecule has 0 radical (unpaired) electrons. The molecule has 3 N–H and O–H groups in total. The molecule has 0 unspecified atom stereocenters. The lowest BCUT2D eigenvalue weighted by molar-refractivity contribution is 0.102. The van der Waals surface area contributed by atoms with Gasteiger partial charge in [0.25, 0.3) is 5.91 Å². The number of carbonyl (C=O) groups excluding carboxylic acids is 1. The van der Waals surface area contributed by atoms with Crippen LogP contribution in [0.25, 0.3) is 22.6 Å². The Labute approximate surface area is 138 Å². The van der Waals surface area contributed by atoms with Crippen molar-refractivity contribution in [3.63, 3.8) is 0 Å². The summed E-state index contributed by atoms with van der Waals surface area (Å²) in [5, 5.41) is 2.93. The minimum Gasteiger partial charge on any atom is -0.359 e. The molecule has 0 aliphatic heterocycles. The largest absolute Gasteiger partial charge is 0.359 e. The predicted octanol–water partition coefficient (Wildman–Crippen LogP) is 4.12. The lowest BCUT2D eigenvalue weighted by Crippen LogP contribution is -2.11. The van der Waals surface area contributed by atoms with Crippen molar-refractivity contribution in [3.8, 4) is 11.5 Å². The van der Waals surface area contributed by atoms with E-state index in [1.165, 1.54) is 0 Å². The summed E-state index contributed by atoms with van der Waals surface area (Å²) in [6.07, 6.45) is 1.86. The molecule has 5 heteroatoms. The number of anilines is 1. The average Bonchev–Trinajstić information content (AvgIpc) is 3.23. The summed E-state index contributed by atoms with van der Waals surface area (Å²) in [7, 11) is 0. The van der Waals surface area contributed by atoms with E-state index in [1.807, 2.05) is 61.7 Å². The number of fused-ring (bicyclic) bond motifs is 1. The Bertz CT molecular complexity index is 1010. The van der Waals surface area contributed by atoms with E-state index >= 15 is 0 Å². The topological polar surface area (TPSA) is 73.6 Å². The molecule has 0 fully saturated rings. The van der Waals surface area contributed by atoms with E-state index in [0.717, 1.165) is 33.8 Å². The molecule has 0 aliphatic carbocycles. The molecule has 118 valence electrons. The van der Waals surface area contributed by atoms with Gasteiger partial charge in [0.1, 0.15) is 0 Å². The number of carbonyl (C=O) groups is 1. The summed E-state index contributed by atoms with van der Waals surface area (Å²) in [4.78, 5) is 23.3. The van der Waals surface area contributed by atoms with Crippen LogP contribution in [0.15, 0.2) is 60.8 Å². The first kappa shape index (κ1) is 14.3. The number of aromatic nitrogens is 3. The predicted molar refractivity (Wildman–Crippen MR) is 95.0 cm³/mol. The lowest BCUT2D eigenvalue weighted by atomic mass is 10.1. The normalized spacial score (nSPS) is 10.9. The van der Waals surface area contributed by atoms with Gasteiger partial charge in [-0.25, -0.2) is 4.98 Å². The van der Waals surface area contributed by atoms with Crippen LogP contribution in [0.4, 0.5) is 5.69 Å². The van der Waals surface area contributed by atoms with Crippen LogP contribution in [0, 0.1) is 6.92 Å². The smallest absolute Gasteiger partial charge is 0.255 e. The average molecular weight is 316 g/mol. The van der Waals surface area contributed by atoms with Crippen LogP contribution in [0.5, 0.6) is 0 Å². The van der Waals surface area contributed by atoms with Gasteiger partial charge in [-0.3, -0.25) is 4.79 Å². The zero-order valence-electron chi connectivity index (χ0n) is 13.1.